The number of fused-ring (bicyclic) bond motifs is 4. The van der Waals surface area contributed by atoms with Gasteiger partial charge in [-0.25, -0.2) is 9.59 Å². The molecule has 6 rings (SSSR count). The van der Waals surface area contributed by atoms with Crippen LogP contribution >= 0.6 is 0 Å². The van der Waals surface area contributed by atoms with E-state index >= 15 is 0 Å². The number of rotatable bonds is 2. The van der Waals surface area contributed by atoms with Gasteiger partial charge in [-0.05, 0) is 35.6 Å². The van der Waals surface area contributed by atoms with Crippen molar-refractivity contribution in [3.8, 4) is 23.0 Å². The van der Waals surface area contributed by atoms with E-state index in [1.165, 1.54) is 19.2 Å². The molecule has 1 spiro atoms. The largest absolute Gasteiger partial charge is 0.507 e. The molecule has 0 amide bonds. The first-order valence-electron chi connectivity index (χ1n) is 11.2. The van der Waals surface area contributed by atoms with Gasteiger partial charge in [0.15, 0.2) is 23.0 Å². The maximum atomic E-state index is 12.7. The highest BCUT2D eigenvalue weighted by Crippen LogP contribution is 2.51. The molecule has 2 N–H and O–H groups in total. The van der Waals surface area contributed by atoms with E-state index in [1.54, 1.807) is 6.07 Å². The standard InChI is InChI=1S/C26H18O11/c1-33-16-8-14(27)19-12(20(16)28)7-15-13(21(19)29)9-26(36-15)4-3-10-5-11-6-17(24(31)34-2)35-25(32)18(11)22(30)23(10)37-26/h5-8,29-30H,3-4,9H2,1-2H3. The molecule has 1 unspecified atom stereocenters. The normalized spacial score (nSPS) is 19.5. The quantitative estimate of drug-likeness (QED) is 0.492. The van der Waals surface area contributed by atoms with Crippen LogP contribution in [0.2, 0.25) is 0 Å². The third-order valence-corrected chi connectivity index (χ3v) is 6.81. The maximum Gasteiger partial charge on any atom is 0.374 e. The van der Waals surface area contributed by atoms with Crippen LogP contribution in [0, 0.1) is 0 Å². The highest BCUT2D eigenvalue weighted by Gasteiger charge is 2.48. The van der Waals surface area contributed by atoms with Gasteiger partial charge >= 0.3 is 11.6 Å². The monoisotopic (exact) mass is 506 g/mol. The molecule has 0 saturated carbocycles. The lowest BCUT2D eigenvalue weighted by Crippen LogP contribution is -2.44. The van der Waals surface area contributed by atoms with Gasteiger partial charge in [-0.1, -0.05) is 0 Å². The van der Waals surface area contributed by atoms with E-state index in [0.717, 1.165) is 13.2 Å². The highest BCUT2D eigenvalue weighted by atomic mass is 16.7. The van der Waals surface area contributed by atoms with E-state index in [9.17, 15) is 29.4 Å². The number of carbonyl (C=O) groups is 3. The van der Waals surface area contributed by atoms with Crippen molar-refractivity contribution < 1.29 is 48.0 Å². The lowest BCUT2D eigenvalue weighted by molar-refractivity contribution is -0.112. The Labute approximate surface area is 207 Å². The summed E-state index contributed by atoms with van der Waals surface area (Å²) in [6.07, 6.45) is 1.65. The summed E-state index contributed by atoms with van der Waals surface area (Å²) in [4.78, 5) is 49.7. The summed E-state index contributed by atoms with van der Waals surface area (Å²) >= 11 is 0. The fourth-order valence-electron chi connectivity index (χ4n) is 5.06. The van der Waals surface area contributed by atoms with Crippen LogP contribution in [0.4, 0.5) is 0 Å². The molecule has 0 fully saturated rings. The Morgan fingerprint density at radius 3 is 2.57 bits per heavy atom. The maximum absolute atomic E-state index is 12.7. The second-order valence-corrected chi connectivity index (χ2v) is 8.89. The molecule has 3 aromatic rings. The molecular formula is C26H18O11. The Balaban J connectivity index is 1.41. The summed E-state index contributed by atoms with van der Waals surface area (Å²) < 4.78 is 26.8. The zero-order valence-corrected chi connectivity index (χ0v) is 19.5. The number of aryl methyl sites for hydroxylation is 1. The number of phenolic OH excluding ortho intramolecular Hbond substituents is 2. The summed E-state index contributed by atoms with van der Waals surface area (Å²) in [5.74, 6) is -4.56. The number of esters is 1. The molecular weight excluding hydrogens is 488 g/mol. The Bertz CT molecular complexity index is 1680. The molecule has 1 aromatic heterocycles. The SMILES string of the molecule is COC(=O)c1cc2cc3c(c(O)c2c(=O)o1)OC1(CC3)Cc2c(cc3c(c2O)C(=O)C=C(OC)C3=O)O1. The molecule has 0 bridgehead atoms. The minimum atomic E-state index is -1.38. The van der Waals surface area contributed by atoms with E-state index in [-0.39, 0.29) is 69.1 Å². The van der Waals surface area contributed by atoms with E-state index in [2.05, 4.69) is 4.74 Å². The fourth-order valence-corrected chi connectivity index (χ4v) is 5.06. The topological polar surface area (TPSA) is 159 Å². The zero-order chi connectivity index (χ0) is 26.2. The molecule has 37 heavy (non-hydrogen) atoms. The summed E-state index contributed by atoms with van der Waals surface area (Å²) in [5.41, 5.74) is -0.323. The number of Topliss-reactive ketones (excluding diaryl/α,β-unsaturated/α-hetero) is 1. The molecule has 11 nitrogen and oxygen atoms in total. The lowest BCUT2D eigenvalue weighted by Gasteiger charge is -2.35. The van der Waals surface area contributed by atoms with Gasteiger partial charge in [0, 0.05) is 23.6 Å². The minimum absolute atomic E-state index is 0.00980. The number of hydrogen-bond donors (Lipinski definition) is 2. The predicted molar refractivity (Wildman–Crippen MR) is 123 cm³/mol. The van der Waals surface area contributed by atoms with E-state index < -0.39 is 34.7 Å². The highest BCUT2D eigenvalue weighted by molar-refractivity contribution is 6.25. The Hall–Kier alpha value is -4.80. The number of benzene rings is 2. The summed E-state index contributed by atoms with van der Waals surface area (Å²) in [7, 11) is 2.41. The minimum Gasteiger partial charge on any atom is -0.507 e. The van der Waals surface area contributed by atoms with Crippen LogP contribution in [0.15, 0.2) is 39.2 Å². The Kier molecular flexibility index (Phi) is 4.65. The van der Waals surface area contributed by atoms with Crippen molar-refractivity contribution in [1.29, 1.82) is 0 Å². The molecule has 3 aliphatic rings. The van der Waals surface area contributed by atoms with Gasteiger partial charge in [0.05, 0.1) is 26.2 Å². The second-order valence-electron chi connectivity index (χ2n) is 8.89. The number of ketones is 2. The van der Waals surface area contributed by atoms with Crippen molar-refractivity contribution in [1.82, 2.24) is 0 Å². The van der Waals surface area contributed by atoms with Gasteiger partial charge in [-0.15, -0.1) is 0 Å². The first-order valence-corrected chi connectivity index (χ1v) is 11.2. The van der Waals surface area contributed by atoms with Crippen LogP contribution < -0.4 is 15.1 Å². The molecule has 2 aromatic carbocycles. The second kappa shape index (κ2) is 7.60. The molecule has 0 saturated heterocycles. The van der Waals surface area contributed by atoms with Crippen LogP contribution in [-0.4, -0.2) is 47.8 Å². The number of hydrogen-bond acceptors (Lipinski definition) is 11. The molecule has 3 heterocycles. The molecule has 1 atom stereocenters. The number of carbonyl (C=O) groups excluding carboxylic acids is 3. The van der Waals surface area contributed by atoms with Crippen LogP contribution in [0.3, 0.4) is 0 Å². The van der Waals surface area contributed by atoms with E-state index in [0.29, 0.717) is 12.0 Å². The van der Waals surface area contributed by atoms with Crippen molar-refractivity contribution in [2.24, 2.45) is 0 Å². The average Bonchev–Trinajstić information content (AvgIpc) is 3.23. The van der Waals surface area contributed by atoms with Gasteiger partial charge in [0.2, 0.25) is 11.5 Å². The molecule has 2 aliphatic heterocycles. The summed E-state index contributed by atoms with van der Waals surface area (Å²) in [6.45, 7) is 0. The zero-order valence-electron chi connectivity index (χ0n) is 19.5. The lowest BCUT2D eigenvalue weighted by atomic mass is 9.88. The van der Waals surface area contributed by atoms with Crippen LogP contribution in [0.1, 0.15) is 48.8 Å². The first-order chi connectivity index (χ1) is 17.7. The third kappa shape index (κ3) is 3.13. The van der Waals surface area contributed by atoms with E-state index in [4.69, 9.17) is 18.6 Å². The summed E-state index contributed by atoms with van der Waals surface area (Å²) in [6, 6.07) is 4.27. The van der Waals surface area contributed by atoms with Crippen LogP contribution in [0.5, 0.6) is 23.0 Å². The van der Waals surface area contributed by atoms with Gasteiger partial charge in [0.25, 0.3) is 5.79 Å². The smallest absolute Gasteiger partial charge is 0.374 e. The molecule has 188 valence electrons. The van der Waals surface area contributed by atoms with Crippen molar-refractivity contribution in [2.75, 3.05) is 14.2 Å². The first kappa shape index (κ1) is 22.7. The number of aromatic hydroxyl groups is 2. The van der Waals surface area contributed by atoms with Crippen molar-refractivity contribution in [2.45, 2.75) is 25.0 Å². The number of allylic oxidation sites excluding steroid dienone is 2. The van der Waals surface area contributed by atoms with Crippen molar-refractivity contribution in [3.63, 3.8) is 0 Å². The summed E-state index contributed by atoms with van der Waals surface area (Å²) in [5, 5.41) is 22.0. The molecule has 11 heteroatoms. The van der Waals surface area contributed by atoms with Crippen LogP contribution in [0.25, 0.3) is 10.8 Å². The molecule has 1 aliphatic carbocycles. The number of methoxy groups -OCH3 is 2. The van der Waals surface area contributed by atoms with Gasteiger partial charge in [-0.2, -0.15) is 0 Å². The average molecular weight is 506 g/mol. The third-order valence-electron chi connectivity index (χ3n) is 6.81. The Morgan fingerprint density at radius 2 is 1.84 bits per heavy atom. The van der Waals surface area contributed by atoms with Crippen molar-refractivity contribution >= 4 is 28.3 Å². The van der Waals surface area contributed by atoms with Gasteiger partial charge < -0.3 is 33.6 Å². The molecule has 0 radical (unpaired) electrons. The Morgan fingerprint density at radius 1 is 1.05 bits per heavy atom. The van der Waals surface area contributed by atoms with Gasteiger partial charge in [0.1, 0.15) is 16.9 Å². The number of phenols is 2. The van der Waals surface area contributed by atoms with Crippen LogP contribution in [-0.2, 0) is 22.3 Å². The van der Waals surface area contributed by atoms with Crippen molar-refractivity contribution in [3.05, 3.63) is 68.5 Å². The fraction of sp³-hybridized carbons (Fsp3) is 0.231. The number of ether oxygens (including phenoxy) is 4. The predicted octanol–water partition coefficient (Wildman–Crippen LogP) is 2.56. The van der Waals surface area contributed by atoms with E-state index in [1.807, 2.05) is 0 Å². The van der Waals surface area contributed by atoms with Gasteiger partial charge in [-0.3, -0.25) is 9.59 Å².